The van der Waals surface area contributed by atoms with E-state index in [-0.39, 0.29) is 18.5 Å². The Morgan fingerprint density at radius 1 is 0.487 bits per heavy atom. The predicted octanol–water partition coefficient (Wildman–Crippen LogP) is 16.3. The molecule has 1 fully saturated rings. The summed E-state index contributed by atoms with van der Waals surface area (Å²) in [5.41, 5.74) is 0. The SMILES string of the molecule is C/C=C/CC/C=C/CC/C=C/C(O)C(COC1OC(CO)C(O)C(O)C1O)NC(=O)CCCCCCCCCCCCCCC/C=C\C/C=C\CCCCCCCCCCCOC(=O)CCCCCCC/C=C\CCCCCCC. The second-order valence-corrected chi connectivity index (χ2v) is 22.8. The van der Waals surface area contributed by atoms with Crippen LogP contribution in [0.25, 0.3) is 0 Å². The fraction of sp³-hybridized carbons (Fsp3) is 0.797. The van der Waals surface area contributed by atoms with Gasteiger partial charge >= 0.3 is 5.97 Å². The molecule has 7 unspecified atom stereocenters. The Bertz CT molecular complexity index is 1560. The Balaban J connectivity index is 1.96. The standard InChI is InChI=1S/C69H123NO10/c1-3-5-7-9-11-13-14-15-34-37-41-45-49-53-57-65(74)78-58-54-50-46-42-38-35-32-30-28-26-24-22-20-18-16-17-19-21-23-25-27-29-31-33-36-40-44-48-52-56-64(73)70-61(62(72)55-51-47-43-39-12-10-8-6-4-2)60-79-69-68(77)67(76)66(75)63(59-71)80-69/h4,6,12,14-16,18,22,24,39,51,55,61-63,66-69,71-72,75-77H,3,5,7-11,13,17,19-21,23,25-38,40-50,52-54,56-60H2,1-2H3,(H,70,73)/b6-4+,15-14-,18-16-,24-22-,39-12+,55-51+. The maximum absolute atomic E-state index is 13.0. The number of aliphatic hydroxyl groups is 5. The van der Waals surface area contributed by atoms with Gasteiger partial charge < -0.3 is 45.1 Å². The first-order chi connectivity index (χ1) is 39.2. The lowest BCUT2D eigenvalue weighted by Crippen LogP contribution is -2.60. The van der Waals surface area contributed by atoms with Crippen molar-refractivity contribution in [3.05, 3.63) is 72.9 Å². The molecule has 1 heterocycles. The summed E-state index contributed by atoms with van der Waals surface area (Å²) in [6.07, 6.45) is 67.7. The molecule has 0 aromatic rings. The molecule has 0 bridgehead atoms. The molecule has 11 heteroatoms. The Hall–Kier alpha value is -2.90. The van der Waals surface area contributed by atoms with Crippen molar-refractivity contribution >= 4 is 11.9 Å². The lowest BCUT2D eigenvalue weighted by molar-refractivity contribution is -0.302. The van der Waals surface area contributed by atoms with Gasteiger partial charge in [0.05, 0.1) is 32.0 Å². The van der Waals surface area contributed by atoms with E-state index < -0.39 is 49.5 Å². The summed E-state index contributed by atoms with van der Waals surface area (Å²) in [6, 6.07) is -0.835. The van der Waals surface area contributed by atoms with Crippen molar-refractivity contribution in [1.29, 1.82) is 0 Å². The zero-order valence-corrected chi connectivity index (χ0v) is 51.3. The molecule has 0 aromatic heterocycles. The number of allylic oxidation sites excluding steroid dienone is 11. The second-order valence-electron chi connectivity index (χ2n) is 22.8. The second kappa shape index (κ2) is 57.9. The summed E-state index contributed by atoms with van der Waals surface area (Å²) < 4.78 is 16.7. The molecule has 7 atom stereocenters. The van der Waals surface area contributed by atoms with E-state index in [1.54, 1.807) is 6.08 Å². The Morgan fingerprint density at radius 2 is 0.900 bits per heavy atom. The first-order valence-electron chi connectivity index (χ1n) is 33.2. The van der Waals surface area contributed by atoms with Crippen molar-refractivity contribution in [3.8, 4) is 0 Å². The molecule has 0 spiro atoms. The van der Waals surface area contributed by atoms with Crippen LogP contribution in [0.3, 0.4) is 0 Å². The lowest BCUT2D eigenvalue weighted by Gasteiger charge is -2.40. The van der Waals surface area contributed by atoms with Gasteiger partial charge in [-0.2, -0.15) is 0 Å². The number of ether oxygens (including phenoxy) is 3. The number of amides is 1. The van der Waals surface area contributed by atoms with E-state index in [1.165, 1.54) is 193 Å². The van der Waals surface area contributed by atoms with Crippen LogP contribution in [0.2, 0.25) is 0 Å². The van der Waals surface area contributed by atoms with Crippen LogP contribution in [-0.4, -0.2) is 100 Å². The highest BCUT2D eigenvalue weighted by atomic mass is 16.7. The topological polar surface area (TPSA) is 175 Å². The molecular weight excluding hydrogens is 1000 g/mol. The zero-order chi connectivity index (χ0) is 58.0. The number of rotatable bonds is 57. The van der Waals surface area contributed by atoms with Gasteiger partial charge in [-0.3, -0.25) is 9.59 Å². The van der Waals surface area contributed by atoms with Crippen molar-refractivity contribution in [1.82, 2.24) is 5.32 Å². The minimum absolute atomic E-state index is 0.00648. The van der Waals surface area contributed by atoms with Crippen LogP contribution in [0.5, 0.6) is 0 Å². The monoisotopic (exact) mass is 1130 g/mol. The van der Waals surface area contributed by atoms with Crippen LogP contribution in [0.4, 0.5) is 0 Å². The van der Waals surface area contributed by atoms with Gasteiger partial charge in [-0.05, 0) is 110 Å². The Kier molecular flexibility index (Phi) is 54.4. The molecule has 0 aromatic carbocycles. The molecule has 1 aliphatic heterocycles. The van der Waals surface area contributed by atoms with Crippen LogP contribution in [0.1, 0.15) is 290 Å². The van der Waals surface area contributed by atoms with E-state index >= 15 is 0 Å². The molecule has 0 saturated carbocycles. The van der Waals surface area contributed by atoms with Gasteiger partial charge in [0, 0.05) is 12.8 Å². The maximum Gasteiger partial charge on any atom is 0.305 e. The number of carbonyl (C=O) groups excluding carboxylic acids is 2. The first-order valence-corrected chi connectivity index (χ1v) is 33.2. The average Bonchev–Trinajstić information content (AvgIpc) is 3.45. The van der Waals surface area contributed by atoms with Gasteiger partial charge in [-0.1, -0.05) is 240 Å². The number of esters is 1. The molecule has 1 aliphatic rings. The van der Waals surface area contributed by atoms with E-state index in [1.807, 2.05) is 19.1 Å². The highest BCUT2D eigenvalue weighted by Gasteiger charge is 2.44. The third-order valence-corrected chi connectivity index (χ3v) is 15.3. The van der Waals surface area contributed by atoms with E-state index in [0.717, 1.165) is 70.6 Å². The number of hydrogen-bond donors (Lipinski definition) is 6. The molecule has 1 rings (SSSR count). The summed E-state index contributed by atoms with van der Waals surface area (Å²) in [7, 11) is 0. The average molecular weight is 1130 g/mol. The van der Waals surface area contributed by atoms with Gasteiger partial charge in [-0.25, -0.2) is 0 Å². The van der Waals surface area contributed by atoms with Gasteiger partial charge in [0.25, 0.3) is 0 Å². The number of carbonyl (C=O) groups is 2. The third-order valence-electron chi connectivity index (χ3n) is 15.3. The lowest BCUT2D eigenvalue weighted by atomic mass is 9.99. The van der Waals surface area contributed by atoms with Crippen LogP contribution in [-0.2, 0) is 23.8 Å². The summed E-state index contributed by atoms with van der Waals surface area (Å²) >= 11 is 0. The van der Waals surface area contributed by atoms with Gasteiger partial charge in [0.15, 0.2) is 6.29 Å². The van der Waals surface area contributed by atoms with Gasteiger partial charge in [-0.15, -0.1) is 0 Å². The number of nitrogens with one attached hydrogen (secondary N) is 1. The van der Waals surface area contributed by atoms with Crippen LogP contribution in [0.15, 0.2) is 72.9 Å². The summed E-state index contributed by atoms with van der Waals surface area (Å²) in [5.74, 6) is -0.208. The van der Waals surface area contributed by atoms with E-state index in [2.05, 4.69) is 66.9 Å². The number of hydrogen-bond acceptors (Lipinski definition) is 10. The molecule has 0 radical (unpaired) electrons. The molecule has 80 heavy (non-hydrogen) atoms. The maximum atomic E-state index is 13.0. The van der Waals surface area contributed by atoms with Crippen molar-refractivity contribution < 1.29 is 49.3 Å². The van der Waals surface area contributed by atoms with Crippen LogP contribution in [0, 0.1) is 0 Å². The molecule has 6 N–H and O–H groups in total. The van der Waals surface area contributed by atoms with Crippen LogP contribution >= 0.6 is 0 Å². The fourth-order valence-electron chi connectivity index (χ4n) is 10.1. The Morgan fingerprint density at radius 3 is 1.39 bits per heavy atom. The molecular formula is C69H123NO10. The fourth-order valence-corrected chi connectivity index (χ4v) is 10.1. The smallest absolute Gasteiger partial charge is 0.305 e. The first kappa shape index (κ1) is 75.1. The van der Waals surface area contributed by atoms with E-state index in [4.69, 9.17) is 14.2 Å². The normalized spacial score (nSPS) is 18.8. The predicted molar refractivity (Wildman–Crippen MR) is 333 cm³/mol. The highest BCUT2D eigenvalue weighted by Crippen LogP contribution is 2.23. The zero-order valence-electron chi connectivity index (χ0n) is 51.3. The van der Waals surface area contributed by atoms with Gasteiger partial charge in [0.2, 0.25) is 5.91 Å². The van der Waals surface area contributed by atoms with E-state index in [9.17, 15) is 35.1 Å². The third kappa shape index (κ3) is 46.6. The molecule has 1 saturated heterocycles. The summed E-state index contributed by atoms with van der Waals surface area (Å²) in [4.78, 5) is 25.0. The molecule has 464 valence electrons. The summed E-state index contributed by atoms with van der Waals surface area (Å²) in [6.45, 7) is 4.08. The van der Waals surface area contributed by atoms with Crippen molar-refractivity contribution in [2.45, 2.75) is 333 Å². The van der Waals surface area contributed by atoms with Crippen molar-refractivity contribution in [2.75, 3.05) is 19.8 Å². The van der Waals surface area contributed by atoms with Gasteiger partial charge in [0.1, 0.15) is 24.4 Å². The molecule has 11 nitrogen and oxygen atoms in total. The number of unbranched alkanes of at least 4 members (excludes halogenated alkanes) is 34. The Labute approximate surface area is 490 Å². The molecule has 0 aliphatic carbocycles. The van der Waals surface area contributed by atoms with Crippen molar-refractivity contribution in [3.63, 3.8) is 0 Å². The van der Waals surface area contributed by atoms with Crippen LogP contribution < -0.4 is 5.32 Å². The minimum Gasteiger partial charge on any atom is -0.466 e. The number of aliphatic hydroxyl groups excluding tert-OH is 5. The largest absolute Gasteiger partial charge is 0.466 e. The quantitative estimate of drug-likeness (QED) is 0.0195. The minimum atomic E-state index is -1.58. The summed E-state index contributed by atoms with van der Waals surface area (Å²) in [5, 5.41) is 54.2. The highest BCUT2D eigenvalue weighted by molar-refractivity contribution is 5.76. The van der Waals surface area contributed by atoms with Crippen molar-refractivity contribution in [2.24, 2.45) is 0 Å². The van der Waals surface area contributed by atoms with E-state index in [0.29, 0.717) is 19.4 Å². The molecule has 1 amide bonds.